The summed E-state index contributed by atoms with van der Waals surface area (Å²) in [4.78, 5) is 3.06. The van der Waals surface area contributed by atoms with Gasteiger partial charge in [-0.15, -0.1) is 21.5 Å². The first kappa shape index (κ1) is 12.8. The third-order valence-corrected chi connectivity index (χ3v) is 5.23. The summed E-state index contributed by atoms with van der Waals surface area (Å²) in [5.74, 6) is 0.980. The van der Waals surface area contributed by atoms with E-state index in [4.69, 9.17) is 0 Å². The summed E-state index contributed by atoms with van der Waals surface area (Å²) >= 11 is 1.98. The predicted octanol–water partition coefficient (Wildman–Crippen LogP) is 2.61. The molecule has 2 aromatic rings. The maximum absolute atomic E-state index is 4.10. The molecule has 0 saturated heterocycles. The summed E-state index contributed by atoms with van der Waals surface area (Å²) < 4.78 is 1.96. The zero-order chi connectivity index (χ0) is 13.2. The minimum atomic E-state index is 0.382. The lowest BCUT2D eigenvalue weighted by Crippen LogP contribution is -2.19. The first-order chi connectivity index (χ1) is 9.24. The standard InChI is InChI=1S/C14H20N4S/c1-10(15-8-14-17-16-9-18(14)2)13-7-11-5-3-4-6-12(11)19-13/h7,9-10,15H,3-6,8H2,1-2H3. The van der Waals surface area contributed by atoms with Gasteiger partial charge in [-0.05, 0) is 44.2 Å². The fourth-order valence-corrected chi connectivity index (χ4v) is 3.82. The number of fused-ring (bicyclic) bond motifs is 1. The Bertz CT molecular complexity index is 534. The Kier molecular flexibility index (Phi) is 3.66. The highest BCUT2D eigenvalue weighted by Crippen LogP contribution is 2.32. The van der Waals surface area contributed by atoms with Gasteiger partial charge in [-0.2, -0.15) is 0 Å². The van der Waals surface area contributed by atoms with Crippen LogP contribution in [0.25, 0.3) is 0 Å². The highest BCUT2D eigenvalue weighted by molar-refractivity contribution is 7.12. The van der Waals surface area contributed by atoms with Crippen molar-refractivity contribution in [3.05, 3.63) is 33.5 Å². The second kappa shape index (κ2) is 5.43. The number of rotatable bonds is 4. The molecule has 5 heteroatoms. The van der Waals surface area contributed by atoms with Crippen molar-refractivity contribution < 1.29 is 0 Å². The van der Waals surface area contributed by atoms with E-state index in [2.05, 4.69) is 28.5 Å². The molecule has 0 radical (unpaired) electrons. The van der Waals surface area contributed by atoms with Crippen LogP contribution >= 0.6 is 11.3 Å². The lowest BCUT2D eigenvalue weighted by atomic mass is 9.99. The number of thiophene rings is 1. The van der Waals surface area contributed by atoms with Gasteiger partial charge < -0.3 is 9.88 Å². The normalized spacial score (nSPS) is 16.3. The molecule has 0 bridgehead atoms. The van der Waals surface area contributed by atoms with Crippen molar-refractivity contribution in [2.75, 3.05) is 0 Å². The van der Waals surface area contributed by atoms with E-state index in [0.29, 0.717) is 6.04 Å². The van der Waals surface area contributed by atoms with Crippen LogP contribution in [-0.2, 0) is 26.4 Å². The van der Waals surface area contributed by atoms with E-state index < -0.39 is 0 Å². The summed E-state index contributed by atoms with van der Waals surface area (Å²) in [5.41, 5.74) is 1.58. The minimum Gasteiger partial charge on any atom is -0.320 e. The van der Waals surface area contributed by atoms with Gasteiger partial charge in [-0.3, -0.25) is 0 Å². The Morgan fingerprint density at radius 3 is 3.00 bits per heavy atom. The Hall–Kier alpha value is -1.20. The van der Waals surface area contributed by atoms with E-state index in [-0.39, 0.29) is 0 Å². The Balaban J connectivity index is 1.65. The number of aromatic nitrogens is 3. The summed E-state index contributed by atoms with van der Waals surface area (Å²) in [5, 5.41) is 11.5. The average molecular weight is 276 g/mol. The maximum atomic E-state index is 4.10. The first-order valence-corrected chi connectivity index (χ1v) is 7.73. The Labute approximate surface area is 117 Å². The van der Waals surface area contributed by atoms with E-state index in [1.807, 2.05) is 23.0 Å². The van der Waals surface area contributed by atoms with Crippen molar-refractivity contribution in [1.82, 2.24) is 20.1 Å². The molecular weight excluding hydrogens is 256 g/mol. The van der Waals surface area contributed by atoms with Crippen LogP contribution < -0.4 is 5.32 Å². The molecule has 1 unspecified atom stereocenters. The number of aryl methyl sites for hydroxylation is 3. The molecule has 1 atom stereocenters. The molecule has 0 saturated carbocycles. The lowest BCUT2D eigenvalue weighted by molar-refractivity contribution is 0.554. The maximum Gasteiger partial charge on any atom is 0.146 e. The lowest BCUT2D eigenvalue weighted by Gasteiger charge is -2.11. The molecule has 2 heterocycles. The predicted molar refractivity (Wildman–Crippen MR) is 77.2 cm³/mol. The van der Waals surface area contributed by atoms with Crippen LogP contribution in [0.15, 0.2) is 12.4 Å². The molecule has 19 heavy (non-hydrogen) atoms. The van der Waals surface area contributed by atoms with Crippen molar-refractivity contribution in [1.29, 1.82) is 0 Å². The number of hydrogen-bond acceptors (Lipinski definition) is 4. The van der Waals surface area contributed by atoms with Crippen molar-refractivity contribution in [3.8, 4) is 0 Å². The smallest absolute Gasteiger partial charge is 0.146 e. The monoisotopic (exact) mass is 276 g/mol. The van der Waals surface area contributed by atoms with Gasteiger partial charge in [-0.25, -0.2) is 0 Å². The van der Waals surface area contributed by atoms with Crippen molar-refractivity contribution >= 4 is 11.3 Å². The highest BCUT2D eigenvalue weighted by Gasteiger charge is 2.16. The molecule has 3 rings (SSSR count). The average Bonchev–Trinajstić information content (AvgIpc) is 3.01. The molecule has 0 fully saturated rings. The topological polar surface area (TPSA) is 42.7 Å². The summed E-state index contributed by atoms with van der Waals surface area (Å²) in [6.07, 6.45) is 6.99. The van der Waals surface area contributed by atoms with Gasteiger partial charge in [0.1, 0.15) is 12.2 Å². The van der Waals surface area contributed by atoms with Crippen LogP contribution in [0.3, 0.4) is 0 Å². The quantitative estimate of drug-likeness (QED) is 0.933. The van der Waals surface area contributed by atoms with Crippen LogP contribution in [0, 0.1) is 0 Å². The number of nitrogens with one attached hydrogen (secondary N) is 1. The Morgan fingerprint density at radius 2 is 2.26 bits per heavy atom. The van der Waals surface area contributed by atoms with Crippen LogP contribution in [0.5, 0.6) is 0 Å². The fraction of sp³-hybridized carbons (Fsp3) is 0.571. The van der Waals surface area contributed by atoms with Crippen molar-refractivity contribution in [3.63, 3.8) is 0 Å². The van der Waals surface area contributed by atoms with Gasteiger partial charge in [0.25, 0.3) is 0 Å². The molecule has 0 spiro atoms. The molecule has 1 aliphatic rings. The SMILES string of the molecule is CC(NCc1nncn1C)c1cc2c(s1)CCCC2. The minimum absolute atomic E-state index is 0.382. The third kappa shape index (κ3) is 2.72. The fourth-order valence-electron chi connectivity index (χ4n) is 2.54. The van der Waals surface area contributed by atoms with E-state index in [1.54, 1.807) is 16.8 Å². The summed E-state index contributed by atoms with van der Waals surface area (Å²) in [7, 11) is 1.98. The molecule has 2 aromatic heterocycles. The van der Waals surface area contributed by atoms with Gasteiger partial charge in [0.15, 0.2) is 0 Å². The van der Waals surface area contributed by atoms with E-state index in [1.165, 1.54) is 30.6 Å². The van der Waals surface area contributed by atoms with E-state index >= 15 is 0 Å². The van der Waals surface area contributed by atoms with E-state index in [9.17, 15) is 0 Å². The zero-order valence-corrected chi connectivity index (χ0v) is 12.3. The van der Waals surface area contributed by atoms with Crippen LogP contribution in [0.1, 0.15) is 46.9 Å². The van der Waals surface area contributed by atoms with Crippen molar-refractivity contribution in [2.45, 2.75) is 45.2 Å². The largest absolute Gasteiger partial charge is 0.320 e. The number of nitrogens with zero attached hydrogens (tertiary/aromatic N) is 3. The molecule has 102 valence electrons. The second-order valence-electron chi connectivity index (χ2n) is 5.26. The van der Waals surface area contributed by atoms with Crippen LogP contribution in [-0.4, -0.2) is 14.8 Å². The molecule has 0 aliphatic heterocycles. The summed E-state index contributed by atoms with van der Waals surface area (Å²) in [6, 6.07) is 2.78. The molecule has 0 amide bonds. The molecule has 0 aromatic carbocycles. The van der Waals surface area contributed by atoms with Gasteiger partial charge in [0.2, 0.25) is 0 Å². The molecule has 1 aliphatic carbocycles. The van der Waals surface area contributed by atoms with Crippen molar-refractivity contribution in [2.24, 2.45) is 7.05 Å². The van der Waals surface area contributed by atoms with Crippen LogP contribution in [0.4, 0.5) is 0 Å². The molecule has 4 nitrogen and oxygen atoms in total. The molecular formula is C14H20N4S. The third-order valence-electron chi connectivity index (χ3n) is 3.81. The van der Waals surface area contributed by atoms with E-state index in [0.717, 1.165) is 12.4 Å². The summed E-state index contributed by atoms with van der Waals surface area (Å²) in [6.45, 7) is 2.99. The second-order valence-corrected chi connectivity index (χ2v) is 6.43. The molecule has 1 N–H and O–H groups in total. The van der Waals surface area contributed by atoms with Gasteiger partial charge in [0.05, 0.1) is 6.54 Å². The Morgan fingerprint density at radius 1 is 1.42 bits per heavy atom. The van der Waals surface area contributed by atoms with Gasteiger partial charge in [-0.1, -0.05) is 0 Å². The van der Waals surface area contributed by atoms with Crippen LogP contribution in [0.2, 0.25) is 0 Å². The van der Waals surface area contributed by atoms with Gasteiger partial charge in [0, 0.05) is 22.8 Å². The first-order valence-electron chi connectivity index (χ1n) is 6.92. The number of hydrogen-bond donors (Lipinski definition) is 1. The van der Waals surface area contributed by atoms with Gasteiger partial charge >= 0.3 is 0 Å². The zero-order valence-electron chi connectivity index (χ0n) is 11.5. The highest BCUT2D eigenvalue weighted by atomic mass is 32.1.